The number of rotatable bonds is 4. The quantitative estimate of drug-likeness (QED) is 0.819. The van der Waals surface area contributed by atoms with Crippen molar-refractivity contribution >= 4 is 10.0 Å². The van der Waals surface area contributed by atoms with E-state index in [4.69, 9.17) is 9.47 Å². The molecule has 10 heteroatoms. The summed E-state index contributed by atoms with van der Waals surface area (Å²) in [6.45, 7) is -0.0107. The second-order valence-electron chi connectivity index (χ2n) is 5.60. The largest absolute Gasteiger partial charge is 0.511 e. The summed E-state index contributed by atoms with van der Waals surface area (Å²) in [7, 11) is -5.29. The summed E-state index contributed by atoms with van der Waals surface area (Å²) < 4.78 is 71.8. The van der Waals surface area contributed by atoms with Crippen molar-refractivity contribution in [3.8, 4) is 5.88 Å². The Kier molecular flexibility index (Phi) is 4.01. The molecule has 2 saturated heterocycles. The fourth-order valence-electron chi connectivity index (χ4n) is 2.86. The first kappa shape index (κ1) is 16.5. The van der Waals surface area contributed by atoms with Gasteiger partial charge in [-0.15, -0.1) is 0 Å². The highest BCUT2D eigenvalue weighted by atomic mass is 32.2. The minimum Gasteiger partial charge on any atom is -0.477 e. The average Bonchev–Trinajstić information content (AvgIpc) is 2.87. The summed E-state index contributed by atoms with van der Waals surface area (Å²) >= 11 is 0. The van der Waals surface area contributed by atoms with E-state index in [0.717, 1.165) is 0 Å². The Morgan fingerprint density at radius 1 is 1.39 bits per heavy atom. The molecule has 1 atom stereocenters. The monoisotopic (exact) mass is 352 g/mol. The lowest BCUT2D eigenvalue weighted by Crippen LogP contribution is -2.68. The van der Waals surface area contributed by atoms with Crippen LogP contribution < -0.4 is 4.74 Å². The van der Waals surface area contributed by atoms with E-state index in [1.165, 1.54) is 0 Å². The van der Waals surface area contributed by atoms with Crippen molar-refractivity contribution in [1.29, 1.82) is 0 Å². The van der Waals surface area contributed by atoms with E-state index in [2.05, 4.69) is 4.98 Å². The van der Waals surface area contributed by atoms with Crippen LogP contribution in [0.3, 0.4) is 0 Å². The minimum atomic E-state index is -5.29. The summed E-state index contributed by atoms with van der Waals surface area (Å²) in [5.41, 5.74) is -6.18. The van der Waals surface area contributed by atoms with Crippen molar-refractivity contribution in [2.24, 2.45) is 5.92 Å². The summed E-state index contributed by atoms with van der Waals surface area (Å²) in [5, 5.41) is 0. The molecule has 0 radical (unpaired) electrons. The van der Waals surface area contributed by atoms with Crippen LogP contribution in [0.15, 0.2) is 24.4 Å². The van der Waals surface area contributed by atoms with Crippen LogP contribution in [0.5, 0.6) is 5.88 Å². The Morgan fingerprint density at radius 3 is 2.74 bits per heavy atom. The smallest absolute Gasteiger partial charge is 0.477 e. The van der Waals surface area contributed by atoms with Gasteiger partial charge in [0.2, 0.25) is 5.88 Å². The number of hydrogen-bond donors (Lipinski definition) is 0. The van der Waals surface area contributed by atoms with E-state index in [0.29, 0.717) is 23.2 Å². The first-order valence-corrected chi connectivity index (χ1v) is 8.43. The lowest BCUT2D eigenvalue weighted by Gasteiger charge is -2.48. The van der Waals surface area contributed by atoms with Gasteiger partial charge in [-0.2, -0.15) is 17.5 Å². The Balaban J connectivity index is 1.63. The summed E-state index contributed by atoms with van der Waals surface area (Å²) in [4.78, 5) is 4.00. The standard InChI is InChI=1S/C13H15F3N2O4S/c14-13(15,16)23(19,20)18-8-12(9-18)10(4-6-22-12)7-21-11-3-1-2-5-17-11/h1-3,5,10H,4,6-9H2/t10-/m0/s1. The summed E-state index contributed by atoms with van der Waals surface area (Å²) in [5.74, 6) is 0.234. The van der Waals surface area contributed by atoms with Crippen molar-refractivity contribution in [3.05, 3.63) is 24.4 Å². The van der Waals surface area contributed by atoms with Gasteiger partial charge in [0, 0.05) is 37.9 Å². The van der Waals surface area contributed by atoms with Gasteiger partial charge in [-0.25, -0.2) is 13.4 Å². The molecule has 2 aliphatic heterocycles. The molecule has 0 aromatic carbocycles. The second-order valence-corrected chi connectivity index (χ2v) is 7.53. The maximum absolute atomic E-state index is 12.5. The van der Waals surface area contributed by atoms with Crippen molar-refractivity contribution < 1.29 is 31.1 Å². The molecule has 1 aromatic rings. The zero-order chi connectivity index (χ0) is 16.7. The number of hydrogen-bond acceptors (Lipinski definition) is 5. The molecule has 0 bridgehead atoms. The van der Waals surface area contributed by atoms with Gasteiger partial charge < -0.3 is 9.47 Å². The van der Waals surface area contributed by atoms with E-state index in [1.807, 2.05) is 0 Å². The first-order valence-electron chi connectivity index (χ1n) is 6.99. The van der Waals surface area contributed by atoms with E-state index < -0.39 is 21.1 Å². The fourth-order valence-corrected chi connectivity index (χ4v) is 3.93. The summed E-state index contributed by atoms with van der Waals surface area (Å²) in [6, 6.07) is 5.16. The van der Waals surface area contributed by atoms with Gasteiger partial charge in [-0.05, 0) is 12.5 Å². The predicted molar refractivity (Wildman–Crippen MR) is 73.1 cm³/mol. The molecule has 1 spiro atoms. The van der Waals surface area contributed by atoms with Crippen molar-refractivity contribution in [2.45, 2.75) is 17.5 Å². The molecule has 2 fully saturated rings. The molecular formula is C13H15F3N2O4S. The van der Waals surface area contributed by atoms with Crippen LogP contribution in [0.1, 0.15) is 6.42 Å². The fraction of sp³-hybridized carbons (Fsp3) is 0.615. The maximum atomic E-state index is 12.5. The second kappa shape index (κ2) is 5.60. The number of ether oxygens (including phenoxy) is 2. The Morgan fingerprint density at radius 2 is 2.13 bits per heavy atom. The molecule has 0 aliphatic carbocycles. The molecule has 6 nitrogen and oxygen atoms in total. The van der Waals surface area contributed by atoms with Crippen LogP contribution >= 0.6 is 0 Å². The van der Waals surface area contributed by atoms with Crippen molar-refractivity contribution in [2.75, 3.05) is 26.3 Å². The molecule has 0 unspecified atom stereocenters. The Labute approximate surface area is 131 Å². The molecule has 2 aliphatic rings. The molecular weight excluding hydrogens is 337 g/mol. The zero-order valence-corrected chi connectivity index (χ0v) is 12.8. The highest BCUT2D eigenvalue weighted by Gasteiger charge is 2.62. The van der Waals surface area contributed by atoms with Gasteiger partial charge in [0.15, 0.2) is 0 Å². The maximum Gasteiger partial charge on any atom is 0.511 e. The molecule has 23 heavy (non-hydrogen) atoms. The number of aromatic nitrogens is 1. The van der Waals surface area contributed by atoms with Gasteiger partial charge in [-0.1, -0.05) is 6.07 Å². The van der Waals surface area contributed by atoms with Crippen LogP contribution in [0, 0.1) is 5.92 Å². The van der Waals surface area contributed by atoms with Gasteiger partial charge >= 0.3 is 15.5 Å². The normalized spacial score (nSPS) is 24.6. The third kappa shape index (κ3) is 2.90. The predicted octanol–water partition coefficient (Wildman–Crippen LogP) is 1.40. The van der Waals surface area contributed by atoms with Crippen molar-refractivity contribution in [1.82, 2.24) is 9.29 Å². The van der Waals surface area contributed by atoms with Crippen LogP contribution in [-0.4, -0.2) is 55.1 Å². The number of sulfonamides is 1. The topological polar surface area (TPSA) is 68.7 Å². The SMILES string of the molecule is O=S(=O)(N1CC2(C1)OCC[C@H]2COc1ccccn1)C(F)(F)F. The van der Waals surface area contributed by atoms with Gasteiger partial charge in [0.1, 0.15) is 5.60 Å². The number of pyridine rings is 1. The number of alkyl halides is 3. The van der Waals surface area contributed by atoms with Crippen LogP contribution in [0.25, 0.3) is 0 Å². The lowest BCUT2D eigenvalue weighted by atomic mass is 9.83. The molecule has 0 amide bonds. The number of halogens is 3. The first-order chi connectivity index (χ1) is 10.7. The molecule has 0 N–H and O–H groups in total. The third-order valence-electron chi connectivity index (χ3n) is 4.19. The van der Waals surface area contributed by atoms with Gasteiger partial charge in [0.25, 0.3) is 0 Å². The zero-order valence-electron chi connectivity index (χ0n) is 12.0. The van der Waals surface area contributed by atoms with Crippen molar-refractivity contribution in [3.63, 3.8) is 0 Å². The number of nitrogens with zero attached hydrogens (tertiary/aromatic N) is 2. The van der Waals surface area contributed by atoms with Crippen LogP contribution in [0.4, 0.5) is 13.2 Å². The van der Waals surface area contributed by atoms with Gasteiger partial charge in [0.05, 0.1) is 6.61 Å². The molecule has 3 heterocycles. The molecule has 0 saturated carbocycles. The van der Waals surface area contributed by atoms with E-state index in [1.54, 1.807) is 24.4 Å². The minimum absolute atomic E-state index is 0.177. The van der Waals surface area contributed by atoms with Gasteiger partial charge in [-0.3, -0.25) is 0 Å². The van der Waals surface area contributed by atoms with E-state index >= 15 is 0 Å². The third-order valence-corrected chi connectivity index (χ3v) is 5.71. The average molecular weight is 352 g/mol. The molecule has 3 rings (SSSR count). The highest BCUT2D eigenvalue weighted by molar-refractivity contribution is 7.90. The van der Waals surface area contributed by atoms with Crippen LogP contribution in [-0.2, 0) is 14.8 Å². The van der Waals surface area contributed by atoms with E-state index in [9.17, 15) is 21.6 Å². The van der Waals surface area contributed by atoms with Crippen LogP contribution in [0.2, 0.25) is 0 Å². The molecule has 128 valence electrons. The lowest BCUT2D eigenvalue weighted by molar-refractivity contribution is -0.117. The van der Waals surface area contributed by atoms with E-state index in [-0.39, 0.29) is 25.6 Å². The summed E-state index contributed by atoms with van der Waals surface area (Å²) in [6.07, 6.45) is 2.17. The Hall–Kier alpha value is -1.39. The Bertz CT molecular complexity index is 660. The highest BCUT2D eigenvalue weighted by Crippen LogP contribution is 2.43. The molecule has 1 aromatic heterocycles.